The van der Waals surface area contributed by atoms with Crippen LogP contribution in [0, 0.1) is 0 Å². The fourth-order valence-electron chi connectivity index (χ4n) is 2.71. The predicted octanol–water partition coefficient (Wildman–Crippen LogP) is 2.54. The molecule has 104 valence electrons. The molecule has 0 aliphatic carbocycles. The Hall–Kier alpha value is -1.71. The number of hydrogen-bond donors (Lipinski definition) is 1. The van der Waals surface area contributed by atoms with Crippen LogP contribution in [-0.4, -0.2) is 36.1 Å². The molecule has 0 saturated carbocycles. The van der Waals surface area contributed by atoms with E-state index >= 15 is 0 Å². The summed E-state index contributed by atoms with van der Waals surface area (Å²) in [6.45, 7) is 5.62. The van der Waals surface area contributed by atoms with Gasteiger partial charge in [-0.05, 0) is 54.4 Å². The maximum atomic E-state index is 4.08. The molecule has 2 heterocycles. The molecule has 1 aromatic carbocycles. The lowest BCUT2D eigenvalue weighted by molar-refractivity contribution is 0.284. The topological polar surface area (TPSA) is 28.2 Å². The number of nitrogens with zero attached hydrogens (tertiary/aromatic N) is 2. The summed E-state index contributed by atoms with van der Waals surface area (Å²) in [4.78, 5) is 6.62. The van der Waals surface area contributed by atoms with Crippen molar-refractivity contribution < 1.29 is 0 Å². The van der Waals surface area contributed by atoms with Gasteiger partial charge >= 0.3 is 0 Å². The van der Waals surface area contributed by atoms with Crippen LogP contribution in [0.2, 0.25) is 0 Å². The van der Waals surface area contributed by atoms with Gasteiger partial charge in [-0.25, -0.2) is 0 Å². The molecule has 2 aromatic rings. The molecule has 0 amide bonds. The molecule has 1 saturated heterocycles. The minimum atomic E-state index is 1.04. The van der Waals surface area contributed by atoms with E-state index in [0.717, 1.165) is 26.2 Å². The van der Waals surface area contributed by atoms with Gasteiger partial charge in [-0.1, -0.05) is 18.2 Å². The van der Waals surface area contributed by atoms with E-state index in [1.54, 1.807) is 0 Å². The Morgan fingerprint density at radius 3 is 2.80 bits per heavy atom. The molecule has 3 heteroatoms. The Balaban J connectivity index is 1.74. The van der Waals surface area contributed by atoms with E-state index in [0.29, 0.717) is 0 Å². The van der Waals surface area contributed by atoms with Crippen LogP contribution in [0.25, 0.3) is 11.1 Å². The summed E-state index contributed by atoms with van der Waals surface area (Å²) in [6, 6.07) is 13.0. The molecule has 0 bridgehead atoms. The molecular weight excluding hydrogens is 246 g/mol. The van der Waals surface area contributed by atoms with Crippen LogP contribution in [0.3, 0.4) is 0 Å². The number of nitrogens with one attached hydrogen (secondary N) is 1. The highest BCUT2D eigenvalue weighted by molar-refractivity contribution is 5.63. The second kappa shape index (κ2) is 6.64. The third kappa shape index (κ3) is 3.44. The zero-order valence-electron chi connectivity index (χ0n) is 11.8. The second-order valence-electron chi connectivity index (χ2n) is 5.32. The molecule has 20 heavy (non-hydrogen) atoms. The molecule has 1 aliphatic heterocycles. The summed E-state index contributed by atoms with van der Waals surface area (Å²) in [5.74, 6) is 0. The smallest absolute Gasteiger partial charge is 0.0273 e. The third-order valence-electron chi connectivity index (χ3n) is 3.78. The average molecular weight is 267 g/mol. The van der Waals surface area contributed by atoms with Crippen molar-refractivity contribution >= 4 is 0 Å². The molecule has 3 rings (SSSR count). The van der Waals surface area contributed by atoms with Crippen molar-refractivity contribution in [3.8, 4) is 11.1 Å². The zero-order valence-corrected chi connectivity index (χ0v) is 11.8. The lowest BCUT2D eigenvalue weighted by Gasteiger charge is -2.19. The van der Waals surface area contributed by atoms with Crippen LogP contribution < -0.4 is 5.32 Å². The van der Waals surface area contributed by atoms with Crippen molar-refractivity contribution in [1.29, 1.82) is 0 Å². The van der Waals surface area contributed by atoms with E-state index in [9.17, 15) is 0 Å². The Morgan fingerprint density at radius 1 is 1.00 bits per heavy atom. The molecule has 1 N–H and O–H groups in total. The van der Waals surface area contributed by atoms with Gasteiger partial charge in [-0.15, -0.1) is 0 Å². The average Bonchev–Trinajstić information content (AvgIpc) is 2.77. The van der Waals surface area contributed by atoms with E-state index in [1.807, 2.05) is 12.4 Å². The minimum Gasteiger partial charge on any atom is -0.315 e. The Kier molecular flexibility index (Phi) is 4.41. The number of aromatic nitrogens is 1. The van der Waals surface area contributed by atoms with Crippen molar-refractivity contribution in [2.45, 2.75) is 13.0 Å². The molecule has 1 aromatic heterocycles. The van der Waals surface area contributed by atoms with Gasteiger partial charge in [0.1, 0.15) is 0 Å². The highest BCUT2D eigenvalue weighted by Gasteiger charge is 2.09. The van der Waals surface area contributed by atoms with Gasteiger partial charge in [-0.2, -0.15) is 0 Å². The van der Waals surface area contributed by atoms with E-state index in [2.05, 4.69) is 51.6 Å². The van der Waals surface area contributed by atoms with Crippen molar-refractivity contribution in [2.75, 3.05) is 26.2 Å². The number of rotatable bonds is 3. The van der Waals surface area contributed by atoms with Crippen LogP contribution in [0.5, 0.6) is 0 Å². The van der Waals surface area contributed by atoms with Gasteiger partial charge in [0.05, 0.1) is 0 Å². The predicted molar refractivity (Wildman–Crippen MR) is 82.4 cm³/mol. The maximum absolute atomic E-state index is 4.08. The molecule has 1 aliphatic rings. The van der Waals surface area contributed by atoms with Crippen molar-refractivity contribution in [3.63, 3.8) is 0 Å². The SMILES string of the molecule is c1cc(CN2CCCNCC2)cc(-c2ccncc2)c1. The first kappa shape index (κ1) is 13.3. The number of pyridine rings is 1. The Morgan fingerprint density at radius 2 is 1.90 bits per heavy atom. The summed E-state index contributed by atoms with van der Waals surface area (Å²) in [6.07, 6.45) is 4.94. The van der Waals surface area contributed by atoms with Gasteiger partial charge in [-0.3, -0.25) is 9.88 Å². The number of hydrogen-bond acceptors (Lipinski definition) is 3. The Bertz CT molecular complexity index is 531. The molecule has 1 fully saturated rings. The first-order valence-corrected chi connectivity index (χ1v) is 7.34. The van der Waals surface area contributed by atoms with Crippen LogP contribution in [0.1, 0.15) is 12.0 Å². The van der Waals surface area contributed by atoms with Gasteiger partial charge in [0.2, 0.25) is 0 Å². The van der Waals surface area contributed by atoms with Crippen LogP contribution in [0.4, 0.5) is 0 Å². The van der Waals surface area contributed by atoms with Gasteiger partial charge < -0.3 is 5.32 Å². The summed E-state index contributed by atoms with van der Waals surface area (Å²) in [7, 11) is 0. The van der Waals surface area contributed by atoms with Crippen molar-refractivity contribution in [1.82, 2.24) is 15.2 Å². The number of benzene rings is 1. The van der Waals surface area contributed by atoms with Gasteiger partial charge in [0.25, 0.3) is 0 Å². The second-order valence-corrected chi connectivity index (χ2v) is 5.32. The third-order valence-corrected chi connectivity index (χ3v) is 3.78. The van der Waals surface area contributed by atoms with E-state index in [4.69, 9.17) is 0 Å². The van der Waals surface area contributed by atoms with E-state index in [1.165, 1.54) is 29.7 Å². The normalized spacial score (nSPS) is 16.8. The van der Waals surface area contributed by atoms with E-state index < -0.39 is 0 Å². The maximum Gasteiger partial charge on any atom is 0.0273 e. The van der Waals surface area contributed by atoms with Crippen LogP contribution >= 0.6 is 0 Å². The molecule has 3 nitrogen and oxygen atoms in total. The molecule has 0 radical (unpaired) electrons. The van der Waals surface area contributed by atoms with Crippen LogP contribution in [0.15, 0.2) is 48.8 Å². The molecule has 0 spiro atoms. The molecule has 0 unspecified atom stereocenters. The van der Waals surface area contributed by atoms with E-state index in [-0.39, 0.29) is 0 Å². The van der Waals surface area contributed by atoms with Gasteiger partial charge in [0, 0.05) is 32.0 Å². The fraction of sp³-hybridized carbons (Fsp3) is 0.353. The minimum absolute atomic E-state index is 1.04. The molecular formula is C17H21N3. The molecule has 0 atom stereocenters. The van der Waals surface area contributed by atoms with Crippen molar-refractivity contribution in [3.05, 3.63) is 54.4 Å². The quantitative estimate of drug-likeness (QED) is 0.926. The summed E-state index contributed by atoms with van der Waals surface area (Å²) < 4.78 is 0. The Labute approximate surface area is 120 Å². The summed E-state index contributed by atoms with van der Waals surface area (Å²) in [5.41, 5.74) is 3.90. The highest BCUT2D eigenvalue weighted by atomic mass is 15.1. The van der Waals surface area contributed by atoms with Crippen LogP contribution in [-0.2, 0) is 6.54 Å². The summed E-state index contributed by atoms with van der Waals surface area (Å²) >= 11 is 0. The van der Waals surface area contributed by atoms with Crippen molar-refractivity contribution in [2.24, 2.45) is 0 Å². The summed E-state index contributed by atoms with van der Waals surface area (Å²) in [5, 5.41) is 3.45. The highest BCUT2D eigenvalue weighted by Crippen LogP contribution is 2.20. The standard InChI is InChI=1S/C17H21N3/c1-3-15(14-20-11-2-7-18-10-12-20)13-17(4-1)16-5-8-19-9-6-16/h1,3-6,8-9,13,18H,2,7,10-12,14H2. The zero-order chi connectivity index (χ0) is 13.6. The first-order valence-electron chi connectivity index (χ1n) is 7.34. The largest absolute Gasteiger partial charge is 0.315 e. The van der Waals surface area contributed by atoms with Gasteiger partial charge in [0.15, 0.2) is 0 Å². The lowest BCUT2D eigenvalue weighted by Crippen LogP contribution is -2.27. The fourth-order valence-corrected chi connectivity index (χ4v) is 2.71. The monoisotopic (exact) mass is 267 g/mol. The first-order chi connectivity index (χ1) is 9.92. The lowest BCUT2D eigenvalue weighted by atomic mass is 10.0.